The van der Waals surface area contributed by atoms with Gasteiger partial charge in [0.1, 0.15) is 0 Å². The Morgan fingerprint density at radius 2 is 2.11 bits per heavy atom. The molecule has 0 amide bonds. The van der Waals surface area contributed by atoms with Crippen molar-refractivity contribution in [2.24, 2.45) is 0 Å². The van der Waals surface area contributed by atoms with Gasteiger partial charge in [-0.3, -0.25) is 4.90 Å². The van der Waals surface area contributed by atoms with Crippen LogP contribution in [0.5, 0.6) is 0 Å². The maximum absolute atomic E-state index is 9.12. The van der Waals surface area contributed by atoms with E-state index in [0.29, 0.717) is 11.1 Å². The quantitative estimate of drug-likeness (QED) is 0.912. The van der Waals surface area contributed by atoms with E-state index in [4.69, 9.17) is 28.3 Å². The van der Waals surface area contributed by atoms with Gasteiger partial charge in [-0.2, -0.15) is 0 Å². The molecule has 100 valence electrons. The summed E-state index contributed by atoms with van der Waals surface area (Å²) in [7, 11) is 0. The van der Waals surface area contributed by atoms with E-state index in [9.17, 15) is 0 Å². The number of hydrogen-bond donors (Lipinski definition) is 1. The van der Waals surface area contributed by atoms with Gasteiger partial charge >= 0.3 is 0 Å². The Balaban J connectivity index is 2.06. The summed E-state index contributed by atoms with van der Waals surface area (Å²) in [6, 6.07) is 6.16. The molecule has 0 saturated carbocycles. The monoisotopic (exact) mass is 287 g/mol. The highest BCUT2D eigenvalue weighted by molar-refractivity contribution is 6.35. The molecule has 4 heteroatoms. The fourth-order valence-electron chi connectivity index (χ4n) is 2.61. The van der Waals surface area contributed by atoms with Crippen LogP contribution in [-0.2, 0) is 6.54 Å². The molecule has 2 nitrogen and oxygen atoms in total. The van der Waals surface area contributed by atoms with Crippen molar-refractivity contribution in [3.05, 3.63) is 33.8 Å². The van der Waals surface area contributed by atoms with Crippen molar-refractivity contribution in [3.63, 3.8) is 0 Å². The van der Waals surface area contributed by atoms with Crippen molar-refractivity contribution < 1.29 is 5.11 Å². The Morgan fingerprint density at radius 3 is 2.83 bits per heavy atom. The molecule has 1 aromatic rings. The molecule has 1 heterocycles. The largest absolute Gasteiger partial charge is 0.396 e. The Hall–Kier alpha value is -0.280. The van der Waals surface area contributed by atoms with E-state index in [1.807, 2.05) is 12.1 Å². The molecule has 1 atom stereocenters. The van der Waals surface area contributed by atoms with E-state index in [0.717, 1.165) is 30.1 Å². The summed E-state index contributed by atoms with van der Waals surface area (Å²) in [4.78, 5) is 2.43. The smallest absolute Gasteiger partial charge is 0.0465 e. The summed E-state index contributed by atoms with van der Waals surface area (Å²) in [6.07, 6.45) is 4.51. The molecule has 18 heavy (non-hydrogen) atoms. The first-order valence-electron chi connectivity index (χ1n) is 6.49. The molecule has 0 bridgehead atoms. The number of likely N-dealkylation sites (tertiary alicyclic amines) is 1. The lowest BCUT2D eigenvalue weighted by Crippen LogP contribution is -2.39. The Kier molecular flexibility index (Phi) is 5.31. The minimum absolute atomic E-state index is 0.259. The lowest BCUT2D eigenvalue weighted by Gasteiger charge is -2.35. The summed E-state index contributed by atoms with van der Waals surface area (Å²) in [5.74, 6) is 0. The summed E-state index contributed by atoms with van der Waals surface area (Å²) in [5, 5.41) is 10.5. The normalized spacial score (nSPS) is 21.2. The van der Waals surface area contributed by atoms with Gasteiger partial charge in [-0.25, -0.2) is 0 Å². The average Bonchev–Trinajstić information content (AvgIpc) is 2.35. The van der Waals surface area contributed by atoms with Gasteiger partial charge in [0.25, 0.3) is 0 Å². The minimum atomic E-state index is 0.259. The zero-order valence-corrected chi connectivity index (χ0v) is 11.9. The predicted molar refractivity (Wildman–Crippen MR) is 76.2 cm³/mol. The number of hydrogen-bond acceptors (Lipinski definition) is 2. The van der Waals surface area contributed by atoms with Crippen LogP contribution < -0.4 is 0 Å². The molecule has 1 aromatic carbocycles. The third-order valence-electron chi connectivity index (χ3n) is 3.60. The Bertz CT molecular complexity index is 395. The third kappa shape index (κ3) is 3.61. The van der Waals surface area contributed by atoms with Crippen molar-refractivity contribution in [1.82, 2.24) is 4.90 Å². The van der Waals surface area contributed by atoms with Gasteiger partial charge in [0.15, 0.2) is 0 Å². The van der Waals surface area contributed by atoms with Crippen molar-refractivity contribution >= 4 is 23.2 Å². The van der Waals surface area contributed by atoms with Crippen LogP contribution in [0.3, 0.4) is 0 Å². The van der Waals surface area contributed by atoms with Crippen LogP contribution in [0.4, 0.5) is 0 Å². The number of nitrogens with zero attached hydrogens (tertiary/aromatic N) is 1. The van der Waals surface area contributed by atoms with E-state index >= 15 is 0 Å². The number of benzene rings is 1. The first-order chi connectivity index (χ1) is 8.70. The minimum Gasteiger partial charge on any atom is -0.396 e. The molecule has 0 spiro atoms. The van der Waals surface area contributed by atoms with Crippen LogP contribution in [-0.4, -0.2) is 29.2 Å². The number of piperidine rings is 1. The maximum Gasteiger partial charge on any atom is 0.0465 e. The highest BCUT2D eigenvalue weighted by atomic mass is 35.5. The van der Waals surface area contributed by atoms with Gasteiger partial charge in [0.05, 0.1) is 0 Å². The van der Waals surface area contributed by atoms with E-state index in [1.165, 1.54) is 19.3 Å². The fraction of sp³-hybridized carbons (Fsp3) is 0.571. The molecular formula is C14H19Cl2NO. The predicted octanol–water partition coefficient (Wildman–Crippen LogP) is 3.73. The third-order valence-corrected chi connectivity index (χ3v) is 4.19. The van der Waals surface area contributed by atoms with Crippen molar-refractivity contribution in [2.75, 3.05) is 13.2 Å². The lowest BCUT2D eigenvalue weighted by molar-refractivity contribution is 0.112. The second-order valence-electron chi connectivity index (χ2n) is 4.87. The zero-order chi connectivity index (χ0) is 13.0. The summed E-state index contributed by atoms with van der Waals surface area (Å²) in [6.45, 7) is 2.19. The zero-order valence-electron chi connectivity index (χ0n) is 10.4. The van der Waals surface area contributed by atoms with E-state index < -0.39 is 0 Å². The molecule has 1 saturated heterocycles. The molecule has 1 fully saturated rings. The Morgan fingerprint density at radius 1 is 1.28 bits per heavy atom. The molecule has 1 aliphatic heterocycles. The van der Waals surface area contributed by atoms with Gasteiger partial charge in [-0.15, -0.1) is 0 Å². The topological polar surface area (TPSA) is 23.5 Å². The highest BCUT2D eigenvalue weighted by Crippen LogP contribution is 2.26. The van der Waals surface area contributed by atoms with Crippen molar-refractivity contribution in [3.8, 4) is 0 Å². The van der Waals surface area contributed by atoms with Gasteiger partial charge in [0.2, 0.25) is 0 Å². The van der Waals surface area contributed by atoms with Crippen LogP contribution in [0.1, 0.15) is 31.2 Å². The van der Waals surface area contributed by atoms with E-state index in [-0.39, 0.29) is 6.61 Å². The van der Waals surface area contributed by atoms with Crippen LogP contribution in [0, 0.1) is 0 Å². The molecule has 0 radical (unpaired) electrons. The number of aliphatic hydroxyl groups is 1. The molecule has 2 rings (SSSR count). The summed E-state index contributed by atoms with van der Waals surface area (Å²) >= 11 is 12.1. The van der Waals surface area contributed by atoms with Gasteiger partial charge in [-0.05, 0) is 43.5 Å². The van der Waals surface area contributed by atoms with Crippen LogP contribution in [0.15, 0.2) is 18.2 Å². The molecule has 1 unspecified atom stereocenters. The molecule has 0 aliphatic carbocycles. The summed E-state index contributed by atoms with van der Waals surface area (Å²) in [5.41, 5.74) is 1.12. The van der Waals surface area contributed by atoms with Crippen molar-refractivity contribution in [1.29, 1.82) is 0 Å². The second kappa shape index (κ2) is 6.76. The van der Waals surface area contributed by atoms with E-state index in [2.05, 4.69) is 4.90 Å². The van der Waals surface area contributed by atoms with Gasteiger partial charge in [0, 0.05) is 29.2 Å². The van der Waals surface area contributed by atoms with Gasteiger partial charge < -0.3 is 5.11 Å². The van der Waals surface area contributed by atoms with E-state index in [1.54, 1.807) is 6.07 Å². The first kappa shape index (κ1) is 14.1. The average molecular weight is 288 g/mol. The number of halogens is 2. The number of rotatable bonds is 4. The highest BCUT2D eigenvalue weighted by Gasteiger charge is 2.22. The van der Waals surface area contributed by atoms with Crippen LogP contribution >= 0.6 is 23.2 Å². The lowest BCUT2D eigenvalue weighted by atomic mass is 9.99. The summed E-state index contributed by atoms with van der Waals surface area (Å²) < 4.78 is 0. The SMILES string of the molecule is OCCC1CCCCN1Cc1ccc(Cl)cc1Cl. The molecule has 0 aromatic heterocycles. The number of aliphatic hydroxyl groups excluding tert-OH is 1. The standard InChI is InChI=1S/C14H19Cl2NO/c15-12-5-4-11(14(16)9-12)10-17-7-2-1-3-13(17)6-8-18/h4-5,9,13,18H,1-3,6-8,10H2. The van der Waals surface area contributed by atoms with Crippen LogP contribution in [0.25, 0.3) is 0 Å². The maximum atomic E-state index is 9.12. The Labute approximate surface area is 119 Å². The first-order valence-corrected chi connectivity index (χ1v) is 7.25. The van der Waals surface area contributed by atoms with Crippen molar-refractivity contribution in [2.45, 2.75) is 38.3 Å². The second-order valence-corrected chi connectivity index (χ2v) is 5.71. The molecule has 1 aliphatic rings. The van der Waals surface area contributed by atoms with Crippen LogP contribution in [0.2, 0.25) is 10.0 Å². The fourth-order valence-corrected chi connectivity index (χ4v) is 3.08. The molecular weight excluding hydrogens is 269 g/mol. The molecule has 1 N–H and O–H groups in total. The van der Waals surface area contributed by atoms with Gasteiger partial charge in [-0.1, -0.05) is 35.7 Å².